The smallest absolute Gasteiger partial charge is 0.422 e. The Morgan fingerprint density at radius 3 is 2.71 bits per heavy atom. The number of benzene rings is 1. The highest BCUT2D eigenvalue weighted by atomic mass is 19.4. The van der Waals surface area contributed by atoms with Crippen LogP contribution in [0.2, 0.25) is 0 Å². The Balaban J connectivity index is 2.76. The lowest BCUT2D eigenvalue weighted by atomic mass is 10.1. The van der Waals surface area contributed by atoms with E-state index in [1.807, 2.05) is 6.92 Å². The summed E-state index contributed by atoms with van der Waals surface area (Å²) in [6, 6.07) is 5.91. The van der Waals surface area contributed by atoms with Gasteiger partial charge in [0.2, 0.25) is 0 Å². The van der Waals surface area contributed by atoms with Crippen molar-refractivity contribution in [2.75, 3.05) is 6.61 Å². The van der Waals surface area contributed by atoms with Crippen molar-refractivity contribution in [3.8, 4) is 5.75 Å². The second-order valence-electron chi connectivity index (χ2n) is 3.43. The summed E-state index contributed by atoms with van der Waals surface area (Å²) < 4.78 is 40.4. The van der Waals surface area contributed by atoms with Crippen LogP contribution in [0.15, 0.2) is 30.3 Å². The van der Waals surface area contributed by atoms with Crippen molar-refractivity contribution < 1.29 is 23.0 Å². The molecule has 0 amide bonds. The van der Waals surface area contributed by atoms with E-state index in [0.29, 0.717) is 12.0 Å². The molecule has 0 bridgehead atoms. The van der Waals surface area contributed by atoms with E-state index < -0.39 is 12.8 Å². The number of allylic oxidation sites excluding steroid dienone is 1. The first-order valence-corrected chi connectivity index (χ1v) is 5.11. The second-order valence-corrected chi connectivity index (χ2v) is 3.43. The standard InChI is InChI=1S/C12H13F3O2/c1-2-4-11(16)9-5-3-6-10(7-9)17-8-12(13,14)15/h3-7,16H,2,8H2,1H3/b11-4+. The molecule has 17 heavy (non-hydrogen) atoms. The van der Waals surface area contributed by atoms with Gasteiger partial charge in [-0.05, 0) is 24.6 Å². The Labute approximate surface area is 97.3 Å². The number of hydrogen-bond donors (Lipinski definition) is 1. The molecule has 0 aromatic heterocycles. The minimum absolute atomic E-state index is 0.0324. The van der Waals surface area contributed by atoms with Crippen molar-refractivity contribution in [2.24, 2.45) is 0 Å². The lowest BCUT2D eigenvalue weighted by Crippen LogP contribution is -2.19. The van der Waals surface area contributed by atoms with Gasteiger partial charge >= 0.3 is 6.18 Å². The van der Waals surface area contributed by atoms with E-state index in [-0.39, 0.29) is 11.5 Å². The summed E-state index contributed by atoms with van der Waals surface area (Å²) in [5, 5.41) is 9.56. The molecule has 2 nitrogen and oxygen atoms in total. The predicted octanol–water partition coefficient (Wildman–Crippen LogP) is 3.94. The topological polar surface area (TPSA) is 29.5 Å². The van der Waals surface area contributed by atoms with Crippen LogP contribution in [0, 0.1) is 0 Å². The van der Waals surface area contributed by atoms with Gasteiger partial charge in [-0.1, -0.05) is 19.1 Å². The van der Waals surface area contributed by atoms with E-state index in [4.69, 9.17) is 0 Å². The first-order chi connectivity index (χ1) is 7.92. The molecule has 1 aromatic rings. The molecule has 0 saturated carbocycles. The predicted molar refractivity (Wildman–Crippen MR) is 58.9 cm³/mol. The number of aliphatic hydroxyl groups excluding tert-OH is 1. The van der Waals surface area contributed by atoms with Crippen LogP contribution >= 0.6 is 0 Å². The highest BCUT2D eigenvalue weighted by molar-refractivity contribution is 5.59. The average molecular weight is 246 g/mol. The third kappa shape index (κ3) is 4.80. The van der Waals surface area contributed by atoms with Crippen molar-refractivity contribution in [1.29, 1.82) is 0 Å². The lowest BCUT2D eigenvalue weighted by molar-refractivity contribution is -0.153. The van der Waals surface area contributed by atoms with Gasteiger partial charge in [-0.25, -0.2) is 0 Å². The van der Waals surface area contributed by atoms with Gasteiger partial charge in [0, 0.05) is 5.56 Å². The Kier molecular flexibility index (Phi) is 4.43. The van der Waals surface area contributed by atoms with Gasteiger partial charge in [0.05, 0.1) is 0 Å². The number of alkyl halides is 3. The monoisotopic (exact) mass is 246 g/mol. The van der Waals surface area contributed by atoms with Gasteiger partial charge in [0.1, 0.15) is 11.5 Å². The maximum Gasteiger partial charge on any atom is 0.422 e. The van der Waals surface area contributed by atoms with Crippen molar-refractivity contribution in [3.63, 3.8) is 0 Å². The zero-order chi connectivity index (χ0) is 12.9. The quantitative estimate of drug-likeness (QED) is 0.815. The molecule has 1 N–H and O–H groups in total. The summed E-state index contributed by atoms with van der Waals surface area (Å²) in [5.41, 5.74) is 0.437. The van der Waals surface area contributed by atoms with Crippen LogP contribution in [0.4, 0.5) is 13.2 Å². The fourth-order valence-corrected chi connectivity index (χ4v) is 1.22. The normalized spacial score (nSPS) is 12.6. The molecule has 0 fully saturated rings. The van der Waals surface area contributed by atoms with Crippen LogP contribution in [0.3, 0.4) is 0 Å². The molecule has 5 heteroatoms. The molecule has 0 radical (unpaired) electrons. The van der Waals surface area contributed by atoms with Crippen LogP contribution in [-0.4, -0.2) is 17.9 Å². The van der Waals surface area contributed by atoms with E-state index in [9.17, 15) is 18.3 Å². The van der Waals surface area contributed by atoms with Crippen LogP contribution < -0.4 is 4.74 Å². The molecular weight excluding hydrogens is 233 g/mol. The molecule has 94 valence electrons. The average Bonchev–Trinajstić information content (AvgIpc) is 2.26. The van der Waals surface area contributed by atoms with Crippen molar-refractivity contribution in [1.82, 2.24) is 0 Å². The summed E-state index contributed by atoms with van der Waals surface area (Å²) in [6.07, 6.45) is -2.15. The van der Waals surface area contributed by atoms with Gasteiger partial charge in [0.15, 0.2) is 6.61 Å². The van der Waals surface area contributed by atoms with Gasteiger partial charge in [-0.15, -0.1) is 0 Å². The highest BCUT2D eigenvalue weighted by Gasteiger charge is 2.28. The maximum absolute atomic E-state index is 11.9. The maximum atomic E-state index is 11.9. The molecule has 0 aliphatic carbocycles. The zero-order valence-electron chi connectivity index (χ0n) is 9.29. The fourth-order valence-electron chi connectivity index (χ4n) is 1.22. The van der Waals surface area contributed by atoms with E-state index in [1.54, 1.807) is 12.1 Å². The Hall–Kier alpha value is -1.65. The van der Waals surface area contributed by atoms with Gasteiger partial charge in [0.25, 0.3) is 0 Å². The SMILES string of the molecule is CC/C=C(/O)c1cccc(OCC(F)(F)F)c1. The van der Waals surface area contributed by atoms with E-state index >= 15 is 0 Å². The molecule has 0 aliphatic heterocycles. The minimum atomic E-state index is -4.36. The Bertz CT molecular complexity index is 397. The van der Waals surface area contributed by atoms with Crippen LogP contribution in [0.25, 0.3) is 5.76 Å². The number of rotatable bonds is 4. The van der Waals surface area contributed by atoms with E-state index in [1.165, 1.54) is 18.2 Å². The largest absolute Gasteiger partial charge is 0.508 e. The number of halogens is 3. The molecule has 0 atom stereocenters. The molecule has 0 unspecified atom stereocenters. The van der Waals surface area contributed by atoms with Crippen LogP contribution in [0.1, 0.15) is 18.9 Å². The first kappa shape index (κ1) is 13.4. The van der Waals surface area contributed by atoms with Crippen molar-refractivity contribution in [2.45, 2.75) is 19.5 Å². The summed E-state index contributed by atoms with van der Waals surface area (Å²) >= 11 is 0. The summed E-state index contributed by atoms with van der Waals surface area (Å²) in [4.78, 5) is 0. The van der Waals surface area contributed by atoms with Gasteiger partial charge in [-0.3, -0.25) is 0 Å². The Morgan fingerprint density at radius 2 is 2.12 bits per heavy atom. The molecule has 1 rings (SSSR count). The van der Waals surface area contributed by atoms with Gasteiger partial charge < -0.3 is 9.84 Å². The summed E-state index contributed by atoms with van der Waals surface area (Å²) in [6.45, 7) is 0.509. The lowest BCUT2D eigenvalue weighted by Gasteiger charge is -2.10. The number of ether oxygens (including phenoxy) is 1. The second kappa shape index (κ2) is 5.61. The Morgan fingerprint density at radius 1 is 1.41 bits per heavy atom. The van der Waals surface area contributed by atoms with Crippen molar-refractivity contribution in [3.05, 3.63) is 35.9 Å². The van der Waals surface area contributed by atoms with E-state index in [0.717, 1.165) is 0 Å². The minimum Gasteiger partial charge on any atom is -0.508 e. The number of hydrogen-bond acceptors (Lipinski definition) is 2. The third-order valence-electron chi connectivity index (χ3n) is 1.93. The molecule has 1 aromatic carbocycles. The fraction of sp³-hybridized carbons (Fsp3) is 0.333. The van der Waals surface area contributed by atoms with Gasteiger partial charge in [-0.2, -0.15) is 13.2 Å². The van der Waals surface area contributed by atoms with Crippen molar-refractivity contribution >= 4 is 5.76 Å². The van der Waals surface area contributed by atoms with Crippen LogP contribution in [0.5, 0.6) is 5.75 Å². The van der Waals surface area contributed by atoms with Crippen LogP contribution in [-0.2, 0) is 0 Å². The molecule has 0 heterocycles. The summed E-state index contributed by atoms with van der Waals surface area (Å²) in [5.74, 6) is 0.112. The van der Waals surface area contributed by atoms with E-state index in [2.05, 4.69) is 4.74 Å². The molecule has 0 spiro atoms. The first-order valence-electron chi connectivity index (χ1n) is 5.11. The molecule has 0 aliphatic rings. The zero-order valence-corrected chi connectivity index (χ0v) is 9.29. The summed E-state index contributed by atoms with van der Waals surface area (Å²) in [7, 11) is 0. The molecular formula is C12H13F3O2. The highest BCUT2D eigenvalue weighted by Crippen LogP contribution is 2.21. The molecule has 0 saturated heterocycles. The third-order valence-corrected chi connectivity index (χ3v) is 1.93. The number of aliphatic hydroxyl groups is 1.